The maximum atomic E-state index is 11.5. The zero-order chi connectivity index (χ0) is 15.0. The lowest BCUT2D eigenvalue weighted by Gasteiger charge is -2.23. The third kappa shape index (κ3) is 2.53. The van der Waals surface area contributed by atoms with E-state index < -0.39 is 11.4 Å². The molecule has 1 saturated heterocycles. The minimum atomic E-state index is -0.636. The van der Waals surface area contributed by atoms with Crippen LogP contribution in [0, 0.1) is 5.41 Å². The predicted molar refractivity (Wildman–Crippen MR) is 83.7 cm³/mol. The first-order valence-corrected chi connectivity index (χ1v) is 7.83. The summed E-state index contributed by atoms with van der Waals surface area (Å²) < 4.78 is 0. The van der Waals surface area contributed by atoms with Crippen molar-refractivity contribution >= 4 is 11.7 Å². The number of benzene rings is 1. The molecule has 0 saturated carbocycles. The van der Waals surface area contributed by atoms with Gasteiger partial charge in [-0.3, -0.25) is 9.69 Å². The number of carboxylic acids is 1. The summed E-state index contributed by atoms with van der Waals surface area (Å²) in [5.41, 5.74) is 3.54. The van der Waals surface area contributed by atoms with E-state index in [1.54, 1.807) is 0 Å². The molecule has 0 amide bonds. The molecule has 4 heteroatoms. The van der Waals surface area contributed by atoms with E-state index in [1.165, 1.54) is 16.8 Å². The Labute approximate surface area is 126 Å². The van der Waals surface area contributed by atoms with Crippen LogP contribution in [0.3, 0.4) is 0 Å². The Hall–Kier alpha value is -1.55. The van der Waals surface area contributed by atoms with Gasteiger partial charge in [0.1, 0.15) is 0 Å². The lowest BCUT2D eigenvalue weighted by atomic mass is 9.84. The highest BCUT2D eigenvalue weighted by atomic mass is 16.4. The smallest absolute Gasteiger partial charge is 0.310 e. The zero-order valence-corrected chi connectivity index (χ0v) is 12.9. The highest BCUT2D eigenvalue weighted by molar-refractivity contribution is 5.75. The Morgan fingerprint density at radius 3 is 2.86 bits per heavy atom. The minimum Gasteiger partial charge on any atom is -0.481 e. The summed E-state index contributed by atoms with van der Waals surface area (Å²) in [6.45, 7) is 5.52. The Morgan fingerprint density at radius 2 is 2.19 bits per heavy atom. The second-order valence-corrected chi connectivity index (χ2v) is 6.53. The number of nitrogens with zero attached hydrogens (tertiary/aromatic N) is 2. The van der Waals surface area contributed by atoms with Crippen LogP contribution in [0.1, 0.15) is 30.9 Å². The van der Waals surface area contributed by atoms with Crippen molar-refractivity contribution in [1.82, 2.24) is 4.90 Å². The number of hydrogen-bond acceptors (Lipinski definition) is 3. The molecule has 1 aromatic rings. The monoisotopic (exact) mass is 288 g/mol. The lowest BCUT2D eigenvalue weighted by Crippen LogP contribution is -2.33. The van der Waals surface area contributed by atoms with E-state index in [0.29, 0.717) is 13.0 Å². The van der Waals surface area contributed by atoms with E-state index >= 15 is 0 Å². The quantitative estimate of drug-likeness (QED) is 0.924. The summed E-state index contributed by atoms with van der Waals surface area (Å²) in [5, 5.41) is 9.47. The number of carbonyl (C=O) groups is 1. The third-order valence-electron chi connectivity index (χ3n) is 5.24. The molecule has 0 bridgehead atoms. The molecule has 2 aliphatic rings. The molecule has 0 spiro atoms. The highest BCUT2D eigenvalue weighted by Crippen LogP contribution is 2.35. The van der Waals surface area contributed by atoms with Gasteiger partial charge in [0, 0.05) is 32.4 Å². The van der Waals surface area contributed by atoms with Crippen molar-refractivity contribution in [1.29, 1.82) is 0 Å². The number of likely N-dealkylation sites (N-methyl/N-ethyl adjacent to an activating group) is 1. The Balaban J connectivity index is 1.70. The molecule has 1 unspecified atom stereocenters. The Kier molecular flexibility index (Phi) is 3.66. The van der Waals surface area contributed by atoms with Crippen molar-refractivity contribution in [3.05, 3.63) is 29.3 Å². The lowest BCUT2D eigenvalue weighted by molar-refractivity contribution is -0.148. The van der Waals surface area contributed by atoms with Crippen LogP contribution >= 0.6 is 0 Å². The molecule has 21 heavy (non-hydrogen) atoms. The van der Waals surface area contributed by atoms with Crippen molar-refractivity contribution < 1.29 is 9.90 Å². The van der Waals surface area contributed by atoms with Gasteiger partial charge < -0.3 is 10.0 Å². The van der Waals surface area contributed by atoms with E-state index in [0.717, 1.165) is 32.5 Å². The number of anilines is 1. The van der Waals surface area contributed by atoms with Gasteiger partial charge in [-0.2, -0.15) is 0 Å². The van der Waals surface area contributed by atoms with Gasteiger partial charge in [0.2, 0.25) is 0 Å². The van der Waals surface area contributed by atoms with Gasteiger partial charge >= 0.3 is 5.97 Å². The molecule has 0 radical (unpaired) electrons. The Morgan fingerprint density at radius 1 is 1.38 bits per heavy atom. The van der Waals surface area contributed by atoms with E-state index in [4.69, 9.17) is 0 Å². The van der Waals surface area contributed by atoms with Crippen LogP contribution in [0.2, 0.25) is 0 Å². The maximum Gasteiger partial charge on any atom is 0.310 e. The first kappa shape index (κ1) is 14.4. The summed E-state index contributed by atoms with van der Waals surface area (Å²) in [5.74, 6) is -0.636. The first-order valence-electron chi connectivity index (χ1n) is 7.83. The number of fused-ring (bicyclic) bond motifs is 1. The molecular weight excluding hydrogens is 264 g/mol. The zero-order valence-electron chi connectivity index (χ0n) is 12.9. The van der Waals surface area contributed by atoms with Gasteiger partial charge in [-0.05, 0) is 43.0 Å². The highest BCUT2D eigenvalue weighted by Gasteiger charge is 2.43. The van der Waals surface area contributed by atoms with E-state index in [9.17, 15) is 9.90 Å². The molecule has 3 rings (SSSR count). The summed E-state index contributed by atoms with van der Waals surface area (Å²) in [6, 6.07) is 6.69. The van der Waals surface area contributed by atoms with E-state index in [2.05, 4.69) is 35.0 Å². The normalized spacial score (nSPS) is 25.3. The largest absolute Gasteiger partial charge is 0.481 e. The average Bonchev–Trinajstić information content (AvgIpc) is 3.04. The van der Waals surface area contributed by atoms with Crippen LogP contribution in [0.15, 0.2) is 18.2 Å². The number of carboxylic acid groups (broad SMARTS) is 1. The topological polar surface area (TPSA) is 43.8 Å². The fraction of sp³-hybridized carbons (Fsp3) is 0.588. The summed E-state index contributed by atoms with van der Waals surface area (Å²) in [7, 11) is 2.13. The second-order valence-electron chi connectivity index (χ2n) is 6.53. The summed E-state index contributed by atoms with van der Waals surface area (Å²) in [6.07, 6.45) is 2.61. The number of aliphatic carboxylic acids is 1. The van der Waals surface area contributed by atoms with Crippen molar-refractivity contribution in [2.45, 2.75) is 32.7 Å². The van der Waals surface area contributed by atoms with Gasteiger partial charge in [-0.25, -0.2) is 0 Å². The predicted octanol–water partition coefficient (Wildman–Crippen LogP) is 2.37. The molecule has 2 aliphatic heterocycles. The maximum absolute atomic E-state index is 11.5. The first-order chi connectivity index (χ1) is 10.0. The summed E-state index contributed by atoms with van der Waals surface area (Å²) in [4.78, 5) is 16.1. The molecule has 1 N–H and O–H groups in total. The Bertz CT molecular complexity index is 558. The van der Waals surface area contributed by atoms with Crippen molar-refractivity contribution in [2.75, 3.05) is 31.6 Å². The van der Waals surface area contributed by atoms with Crippen LogP contribution in [0.4, 0.5) is 5.69 Å². The van der Waals surface area contributed by atoms with Crippen LogP contribution in [-0.4, -0.2) is 42.7 Å². The molecule has 0 aromatic heterocycles. The molecule has 114 valence electrons. The van der Waals surface area contributed by atoms with Crippen molar-refractivity contribution in [3.8, 4) is 0 Å². The van der Waals surface area contributed by atoms with Crippen LogP contribution in [0.5, 0.6) is 0 Å². The van der Waals surface area contributed by atoms with E-state index in [1.807, 2.05) is 6.92 Å². The van der Waals surface area contributed by atoms with Crippen molar-refractivity contribution in [2.24, 2.45) is 5.41 Å². The van der Waals surface area contributed by atoms with Gasteiger partial charge in [-0.15, -0.1) is 0 Å². The third-order valence-corrected chi connectivity index (χ3v) is 5.24. The van der Waals surface area contributed by atoms with Crippen molar-refractivity contribution in [3.63, 3.8) is 0 Å². The van der Waals surface area contributed by atoms with Gasteiger partial charge in [0.05, 0.1) is 5.41 Å². The standard InChI is InChI=1S/C17H24N2O2/c1-3-17(16(20)21)7-9-19(12-17)11-13-4-5-15-14(10-13)6-8-18(15)2/h4-5,10H,3,6-9,11-12H2,1-2H3,(H,20,21). The molecule has 4 nitrogen and oxygen atoms in total. The number of hydrogen-bond donors (Lipinski definition) is 1. The fourth-order valence-electron chi connectivity index (χ4n) is 3.68. The van der Waals surface area contributed by atoms with E-state index in [-0.39, 0.29) is 0 Å². The average molecular weight is 288 g/mol. The summed E-state index contributed by atoms with van der Waals surface area (Å²) >= 11 is 0. The number of likely N-dealkylation sites (tertiary alicyclic amines) is 1. The molecule has 1 atom stereocenters. The number of rotatable bonds is 4. The van der Waals surface area contributed by atoms with Crippen LogP contribution in [-0.2, 0) is 17.8 Å². The van der Waals surface area contributed by atoms with Gasteiger partial charge in [0.15, 0.2) is 0 Å². The SMILES string of the molecule is CCC1(C(=O)O)CCN(Cc2ccc3c(c2)CCN3C)C1. The molecule has 1 fully saturated rings. The fourth-order valence-corrected chi connectivity index (χ4v) is 3.68. The van der Waals surface area contributed by atoms with Crippen LogP contribution in [0.25, 0.3) is 0 Å². The molecule has 2 heterocycles. The van der Waals surface area contributed by atoms with Crippen LogP contribution < -0.4 is 4.90 Å². The molecule has 0 aliphatic carbocycles. The molecular formula is C17H24N2O2. The minimum absolute atomic E-state index is 0.531. The van der Waals surface area contributed by atoms with Gasteiger partial charge in [-0.1, -0.05) is 19.1 Å². The van der Waals surface area contributed by atoms with Gasteiger partial charge in [0.25, 0.3) is 0 Å². The molecule has 1 aromatic carbocycles. The second kappa shape index (κ2) is 5.34.